The first-order valence-corrected chi connectivity index (χ1v) is 8.25. The molecule has 4 rings (SSSR count). The first-order valence-electron chi connectivity index (χ1n) is 8.25. The summed E-state index contributed by atoms with van der Waals surface area (Å²) in [7, 11) is 0. The van der Waals surface area contributed by atoms with Crippen molar-refractivity contribution < 1.29 is 34.8 Å². The van der Waals surface area contributed by atoms with Gasteiger partial charge in [0.05, 0.1) is 12.4 Å². The van der Waals surface area contributed by atoms with E-state index in [1.807, 2.05) is 0 Å². The molecule has 138 valence electrons. The lowest BCUT2D eigenvalue weighted by molar-refractivity contribution is 0.0786. The molecule has 0 aliphatic heterocycles. The quantitative estimate of drug-likeness (QED) is 0.740. The highest BCUT2D eigenvalue weighted by Gasteiger charge is 2.46. The third kappa shape index (κ3) is 2.29. The van der Waals surface area contributed by atoms with Gasteiger partial charge in [-0.1, -0.05) is 12.1 Å². The molecule has 2 aliphatic rings. The molecule has 0 spiro atoms. The number of aliphatic hydroxyl groups excluding tert-OH is 2. The van der Waals surface area contributed by atoms with E-state index < -0.39 is 11.7 Å². The van der Waals surface area contributed by atoms with Crippen LogP contribution in [0.3, 0.4) is 0 Å². The molecule has 2 aromatic rings. The van der Waals surface area contributed by atoms with Gasteiger partial charge in [0.1, 0.15) is 5.60 Å². The Bertz CT molecular complexity index is 907. The van der Waals surface area contributed by atoms with Crippen molar-refractivity contribution in [1.82, 2.24) is 0 Å². The third-order valence-electron chi connectivity index (χ3n) is 5.24. The van der Waals surface area contributed by atoms with Crippen LogP contribution in [0.5, 0.6) is 0 Å². The zero-order chi connectivity index (χ0) is 17.9. The second kappa shape index (κ2) is 6.14. The van der Waals surface area contributed by atoms with Crippen molar-refractivity contribution in [3.8, 4) is 0 Å². The number of hydrogen-bond acceptors (Lipinski definition) is 6. The van der Waals surface area contributed by atoms with Gasteiger partial charge in [-0.2, -0.15) is 0 Å². The van der Waals surface area contributed by atoms with Gasteiger partial charge in [-0.25, -0.2) is 0 Å². The number of ketones is 2. The fourth-order valence-corrected chi connectivity index (χ4v) is 4.02. The fraction of sp³-hybridized carbons (Fsp3) is 0.368. The van der Waals surface area contributed by atoms with E-state index in [1.165, 1.54) is 6.26 Å². The van der Waals surface area contributed by atoms with Gasteiger partial charge in [0.25, 0.3) is 0 Å². The van der Waals surface area contributed by atoms with Crippen molar-refractivity contribution in [3.63, 3.8) is 0 Å². The maximum atomic E-state index is 13.0. The Balaban J connectivity index is 0.00000196. The Hall–Kier alpha value is -2.32. The molecule has 2 atom stereocenters. The predicted molar refractivity (Wildman–Crippen MR) is 90.2 cm³/mol. The average molecular weight is 360 g/mol. The SMILES string of the molecule is C[C@]1(O)c2ccc3c(c2C(=O)c2occ([C@@H](O)CCO)c21)CCC3=O.O. The first kappa shape index (κ1) is 18.5. The molecule has 1 aromatic heterocycles. The van der Waals surface area contributed by atoms with Crippen molar-refractivity contribution in [3.05, 3.63) is 57.5 Å². The first-order chi connectivity index (χ1) is 11.9. The van der Waals surface area contributed by atoms with Gasteiger partial charge < -0.3 is 25.2 Å². The Morgan fingerprint density at radius 1 is 1.27 bits per heavy atom. The van der Waals surface area contributed by atoms with E-state index in [2.05, 4.69) is 0 Å². The van der Waals surface area contributed by atoms with Crippen LogP contribution in [-0.4, -0.2) is 39.0 Å². The van der Waals surface area contributed by atoms with Crippen LogP contribution in [-0.2, 0) is 12.0 Å². The number of carbonyl (C=O) groups excluding carboxylic acids is 2. The number of rotatable bonds is 3. The molecule has 0 saturated carbocycles. The van der Waals surface area contributed by atoms with Crippen molar-refractivity contribution in [2.24, 2.45) is 0 Å². The lowest BCUT2D eigenvalue weighted by Crippen LogP contribution is -2.34. The van der Waals surface area contributed by atoms with E-state index in [1.54, 1.807) is 19.1 Å². The van der Waals surface area contributed by atoms with E-state index >= 15 is 0 Å². The lowest BCUT2D eigenvalue weighted by atomic mass is 9.74. The lowest BCUT2D eigenvalue weighted by Gasteiger charge is -2.32. The fourth-order valence-electron chi connectivity index (χ4n) is 4.02. The maximum Gasteiger partial charge on any atom is 0.229 e. The van der Waals surface area contributed by atoms with Gasteiger partial charge in [0, 0.05) is 41.7 Å². The van der Waals surface area contributed by atoms with Crippen LogP contribution < -0.4 is 0 Å². The minimum absolute atomic E-state index is 0. The Morgan fingerprint density at radius 2 is 2.00 bits per heavy atom. The molecule has 1 aromatic carbocycles. The van der Waals surface area contributed by atoms with Gasteiger partial charge >= 0.3 is 0 Å². The number of carbonyl (C=O) groups is 2. The molecule has 0 bridgehead atoms. The monoisotopic (exact) mass is 360 g/mol. The van der Waals surface area contributed by atoms with Crippen molar-refractivity contribution in [2.75, 3.05) is 6.61 Å². The van der Waals surface area contributed by atoms with E-state index in [0.717, 1.165) is 0 Å². The van der Waals surface area contributed by atoms with Gasteiger partial charge in [-0.15, -0.1) is 0 Å². The topological polar surface area (TPSA) is 139 Å². The summed E-state index contributed by atoms with van der Waals surface area (Å²) >= 11 is 0. The molecule has 0 radical (unpaired) electrons. The summed E-state index contributed by atoms with van der Waals surface area (Å²) in [4.78, 5) is 25.0. The van der Waals surface area contributed by atoms with Crippen molar-refractivity contribution in [2.45, 2.75) is 37.9 Å². The smallest absolute Gasteiger partial charge is 0.229 e. The van der Waals surface area contributed by atoms with E-state index in [-0.39, 0.29) is 41.4 Å². The second-order valence-electron chi connectivity index (χ2n) is 6.76. The summed E-state index contributed by atoms with van der Waals surface area (Å²) in [6.07, 6.45) is 1.10. The van der Waals surface area contributed by atoms with Crippen molar-refractivity contribution in [1.29, 1.82) is 0 Å². The summed E-state index contributed by atoms with van der Waals surface area (Å²) in [5.74, 6) is -0.405. The molecule has 0 amide bonds. The number of aliphatic hydroxyl groups is 3. The molecule has 7 heteroatoms. The average Bonchev–Trinajstić information content (AvgIpc) is 3.18. The molecule has 0 saturated heterocycles. The number of Topliss-reactive ketones (excluding diaryl/α,β-unsaturated/α-hetero) is 1. The normalized spacial score (nSPS) is 21.7. The standard InChI is InChI=1S/C19H18O6.H2O/c1-19(24)12-4-2-9-10(3-5-13(9)21)15(12)17(23)18-16(19)11(8-25-18)14(22)6-7-20;/h2,4,8,14,20,22,24H,3,5-7H2,1H3;1H2/t14-,19-;/m0./s1. The molecule has 26 heavy (non-hydrogen) atoms. The van der Waals surface area contributed by atoms with Crippen LogP contribution in [0, 0.1) is 0 Å². The largest absolute Gasteiger partial charge is 0.460 e. The van der Waals surface area contributed by atoms with Crippen LogP contribution in [0.15, 0.2) is 22.8 Å². The zero-order valence-electron chi connectivity index (χ0n) is 14.2. The van der Waals surface area contributed by atoms with Gasteiger partial charge in [-0.3, -0.25) is 9.59 Å². The molecule has 0 fully saturated rings. The zero-order valence-corrected chi connectivity index (χ0v) is 14.2. The van der Waals surface area contributed by atoms with Crippen LogP contribution in [0.1, 0.15) is 74.6 Å². The Kier molecular flexibility index (Phi) is 4.36. The second-order valence-corrected chi connectivity index (χ2v) is 6.76. The molecular formula is C19H20O7. The molecule has 7 nitrogen and oxygen atoms in total. The molecule has 5 N–H and O–H groups in total. The minimum Gasteiger partial charge on any atom is -0.460 e. The van der Waals surface area contributed by atoms with Crippen LogP contribution in [0.25, 0.3) is 0 Å². The van der Waals surface area contributed by atoms with Gasteiger partial charge in [0.2, 0.25) is 5.78 Å². The summed E-state index contributed by atoms with van der Waals surface area (Å²) in [5.41, 5.74) is 0.916. The number of furan rings is 1. The highest BCUT2D eigenvalue weighted by Crippen LogP contribution is 2.46. The highest BCUT2D eigenvalue weighted by atomic mass is 16.3. The van der Waals surface area contributed by atoms with E-state index in [4.69, 9.17) is 9.52 Å². The molecule has 1 heterocycles. The molecular weight excluding hydrogens is 340 g/mol. The predicted octanol–water partition coefficient (Wildman–Crippen LogP) is 0.800. The summed E-state index contributed by atoms with van der Waals surface area (Å²) < 4.78 is 5.41. The number of hydrogen-bond donors (Lipinski definition) is 3. The van der Waals surface area contributed by atoms with Gasteiger partial charge in [0.15, 0.2) is 11.5 Å². The number of fused-ring (bicyclic) bond motifs is 4. The van der Waals surface area contributed by atoms with E-state index in [0.29, 0.717) is 40.7 Å². The maximum absolute atomic E-state index is 13.0. The molecule has 2 aliphatic carbocycles. The van der Waals surface area contributed by atoms with Crippen molar-refractivity contribution >= 4 is 11.6 Å². The van der Waals surface area contributed by atoms with Crippen LogP contribution >= 0.6 is 0 Å². The Labute approximate surface area is 149 Å². The summed E-state index contributed by atoms with van der Waals surface area (Å²) in [6, 6.07) is 3.26. The molecule has 0 unspecified atom stereocenters. The van der Waals surface area contributed by atoms with Crippen LogP contribution in [0.2, 0.25) is 0 Å². The summed E-state index contributed by atoms with van der Waals surface area (Å²) in [5, 5.41) is 30.5. The highest BCUT2D eigenvalue weighted by molar-refractivity contribution is 6.15. The number of benzene rings is 1. The minimum atomic E-state index is -1.54. The van der Waals surface area contributed by atoms with E-state index in [9.17, 15) is 19.8 Å². The Morgan fingerprint density at radius 3 is 2.69 bits per heavy atom. The van der Waals surface area contributed by atoms with Crippen LogP contribution in [0.4, 0.5) is 0 Å². The third-order valence-corrected chi connectivity index (χ3v) is 5.24. The van der Waals surface area contributed by atoms with Gasteiger partial charge in [-0.05, 0) is 24.5 Å². The summed E-state index contributed by atoms with van der Waals surface area (Å²) in [6.45, 7) is 1.31.